The van der Waals surface area contributed by atoms with Gasteiger partial charge in [-0.15, -0.1) is 0 Å². The number of rotatable bonds is 4. The van der Waals surface area contributed by atoms with Crippen molar-refractivity contribution < 1.29 is 14.6 Å². The van der Waals surface area contributed by atoms with E-state index in [4.69, 9.17) is 4.74 Å². The van der Waals surface area contributed by atoms with Gasteiger partial charge in [0, 0.05) is 0 Å². The van der Waals surface area contributed by atoms with Crippen LogP contribution in [0.25, 0.3) is 11.1 Å². The minimum absolute atomic E-state index is 0.302. The Morgan fingerprint density at radius 1 is 1.05 bits per heavy atom. The van der Waals surface area contributed by atoms with Crippen molar-refractivity contribution >= 4 is 5.97 Å². The quantitative estimate of drug-likeness (QED) is 0.864. The highest BCUT2D eigenvalue weighted by Gasteiger charge is 2.06. The molecule has 3 heteroatoms. The molecule has 2 aromatic rings. The normalized spacial score (nSPS) is 11.9. The lowest BCUT2D eigenvalue weighted by molar-refractivity contribution is 0.0526. The molecule has 0 aromatic heterocycles. The topological polar surface area (TPSA) is 46.5 Å². The van der Waals surface area contributed by atoms with Crippen LogP contribution in [0.2, 0.25) is 0 Å². The summed E-state index contributed by atoms with van der Waals surface area (Å²) in [6.07, 6.45) is -0.463. The van der Waals surface area contributed by atoms with Gasteiger partial charge in [0.05, 0.1) is 18.3 Å². The maximum absolute atomic E-state index is 11.6. The highest BCUT2D eigenvalue weighted by atomic mass is 16.5. The maximum Gasteiger partial charge on any atom is 0.338 e. The lowest BCUT2D eigenvalue weighted by Crippen LogP contribution is -2.03. The Labute approximate surface area is 118 Å². The van der Waals surface area contributed by atoms with Gasteiger partial charge in [0.1, 0.15) is 0 Å². The number of aliphatic hydroxyl groups excluding tert-OH is 1. The van der Waals surface area contributed by atoms with Gasteiger partial charge in [-0.2, -0.15) is 0 Å². The number of benzene rings is 2. The molecule has 0 aliphatic heterocycles. The summed E-state index contributed by atoms with van der Waals surface area (Å²) >= 11 is 0. The predicted octanol–water partition coefficient (Wildman–Crippen LogP) is 3.58. The third kappa shape index (κ3) is 3.25. The lowest BCUT2D eigenvalue weighted by Gasteiger charge is -2.07. The highest BCUT2D eigenvalue weighted by molar-refractivity contribution is 5.90. The number of hydrogen-bond donors (Lipinski definition) is 1. The summed E-state index contributed by atoms with van der Waals surface area (Å²) in [5.74, 6) is -0.302. The molecule has 3 nitrogen and oxygen atoms in total. The summed E-state index contributed by atoms with van der Waals surface area (Å²) in [5, 5.41) is 9.48. The highest BCUT2D eigenvalue weighted by Crippen LogP contribution is 2.22. The Bertz CT molecular complexity index is 568. The fourth-order valence-corrected chi connectivity index (χ4v) is 1.97. The zero-order valence-electron chi connectivity index (χ0n) is 11.7. The fraction of sp³-hybridized carbons (Fsp3) is 0.235. The number of carbonyl (C=O) groups is 1. The van der Waals surface area contributed by atoms with E-state index >= 15 is 0 Å². The summed E-state index contributed by atoms with van der Waals surface area (Å²) in [6.45, 7) is 3.90. The van der Waals surface area contributed by atoms with Crippen LogP contribution in [0.4, 0.5) is 0 Å². The minimum Gasteiger partial charge on any atom is -0.462 e. The Kier molecular flexibility index (Phi) is 4.53. The van der Waals surface area contributed by atoms with Crippen molar-refractivity contribution in [3.8, 4) is 11.1 Å². The van der Waals surface area contributed by atoms with Crippen molar-refractivity contribution in [2.45, 2.75) is 20.0 Å². The molecule has 0 fully saturated rings. The van der Waals surface area contributed by atoms with Gasteiger partial charge in [-0.05, 0) is 42.7 Å². The smallest absolute Gasteiger partial charge is 0.338 e. The molecule has 2 rings (SSSR count). The molecular weight excluding hydrogens is 252 g/mol. The van der Waals surface area contributed by atoms with E-state index in [0.29, 0.717) is 12.2 Å². The van der Waals surface area contributed by atoms with Crippen LogP contribution in [0.5, 0.6) is 0 Å². The molecule has 0 aliphatic rings. The first-order chi connectivity index (χ1) is 9.61. The molecule has 20 heavy (non-hydrogen) atoms. The van der Waals surface area contributed by atoms with Crippen LogP contribution in [-0.4, -0.2) is 17.7 Å². The number of ether oxygens (including phenoxy) is 1. The number of carbonyl (C=O) groups excluding carboxylic acids is 1. The van der Waals surface area contributed by atoms with Gasteiger partial charge in [0.25, 0.3) is 0 Å². The average Bonchev–Trinajstić information content (AvgIpc) is 2.48. The van der Waals surface area contributed by atoms with Gasteiger partial charge in [0.2, 0.25) is 0 Å². The second-order valence-electron chi connectivity index (χ2n) is 4.60. The van der Waals surface area contributed by atoms with Crippen molar-refractivity contribution in [3.05, 3.63) is 59.7 Å². The molecule has 0 aliphatic carbocycles. The van der Waals surface area contributed by atoms with Gasteiger partial charge >= 0.3 is 5.97 Å². The van der Waals surface area contributed by atoms with Crippen molar-refractivity contribution in [2.75, 3.05) is 6.61 Å². The average molecular weight is 270 g/mol. The molecule has 0 amide bonds. The molecule has 0 radical (unpaired) electrons. The van der Waals surface area contributed by atoms with E-state index in [9.17, 15) is 9.90 Å². The van der Waals surface area contributed by atoms with Crippen LogP contribution in [0.15, 0.2) is 48.5 Å². The van der Waals surface area contributed by atoms with Crippen molar-refractivity contribution in [2.24, 2.45) is 0 Å². The van der Waals surface area contributed by atoms with Crippen molar-refractivity contribution in [1.82, 2.24) is 0 Å². The van der Waals surface area contributed by atoms with Crippen LogP contribution < -0.4 is 0 Å². The van der Waals surface area contributed by atoms with Crippen LogP contribution >= 0.6 is 0 Å². The second-order valence-corrected chi connectivity index (χ2v) is 4.60. The summed E-state index contributed by atoms with van der Waals surface area (Å²) in [4.78, 5) is 11.6. The zero-order valence-corrected chi connectivity index (χ0v) is 11.7. The maximum atomic E-state index is 11.6. The Balaban J connectivity index is 2.19. The summed E-state index contributed by atoms with van der Waals surface area (Å²) in [6, 6.07) is 15.0. The molecular formula is C17H18O3. The molecule has 1 N–H and O–H groups in total. The van der Waals surface area contributed by atoms with Gasteiger partial charge in [0.15, 0.2) is 0 Å². The third-order valence-corrected chi connectivity index (χ3v) is 3.12. The lowest BCUT2D eigenvalue weighted by atomic mass is 10.0. The van der Waals surface area contributed by atoms with E-state index in [-0.39, 0.29) is 5.97 Å². The van der Waals surface area contributed by atoms with Gasteiger partial charge in [-0.3, -0.25) is 0 Å². The third-order valence-electron chi connectivity index (χ3n) is 3.12. The van der Waals surface area contributed by atoms with Gasteiger partial charge in [-0.1, -0.05) is 36.4 Å². The Morgan fingerprint density at radius 3 is 2.00 bits per heavy atom. The van der Waals surface area contributed by atoms with Crippen molar-refractivity contribution in [1.29, 1.82) is 0 Å². The first kappa shape index (κ1) is 14.3. The molecule has 0 heterocycles. The Hall–Kier alpha value is -2.13. The van der Waals surface area contributed by atoms with Gasteiger partial charge < -0.3 is 9.84 Å². The van der Waals surface area contributed by atoms with Crippen LogP contribution in [0, 0.1) is 0 Å². The molecule has 0 spiro atoms. The van der Waals surface area contributed by atoms with E-state index in [0.717, 1.165) is 16.7 Å². The van der Waals surface area contributed by atoms with Crippen LogP contribution in [-0.2, 0) is 4.74 Å². The minimum atomic E-state index is -0.463. The SMILES string of the molecule is CCOC(=O)c1ccc(-c2ccc(C(C)O)cc2)cc1. The molecule has 2 aromatic carbocycles. The molecule has 0 saturated carbocycles. The van der Waals surface area contributed by atoms with Crippen molar-refractivity contribution in [3.63, 3.8) is 0 Å². The van der Waals surface area contributed by atoms with Gasteiger partial charge in [-0.25, -0.2) is 4.79 Å². The van der Waals surface area contributed by atoms with E-state index in [1.807, 2.05) is 36.4 Å². The predicted molar refractivity (Wildman–Crippen MR) is 78.5 cm³/mol. The molecule has 0 bridgehead atoms. The first-order valence-electron chi connectivity index (χ1n) is 6.67. The number of esters is 1. The largest absolute Gasteiger partial charge is 0.462 e. The monoisotopic (exact) mass is 270 g/mol. The molecule has 0 saturated heterocycles. The zero-order chi connectivity index (χ0) is 14.5. The van der Waals surface area contributed by atoms with E-state index < -0.39 is 6.10 Å². The van der Waals surface area contributed by atoms with Crippen LogP contribution in [0.1, 0.15) is 35.9 Å². The van der Waals surface area contributed by atoms with E-state index in [1.54, 1.807) is 26.0 Å². The summed E-state index contributed by atoms with van der Waals surface area (Å²) < 4.78 is 4.95. The molecule has 104 valence electrons. The second kappa shape index (κ2) is 6.35. The molecule has 1 unspecified atom stereocenters. The standard InChI is InChI=1S/C17H18O3/c1-3-20-17(19)16-10-8-15(9-11-16)14-6-4-13(5-7-14)12(2)18/h4-12,18H,3H2,1-2H3. The molecule has 1 atom stereocenters. The number of aliphatic hydroxyl groups is 1. The first-order valence-corrected chi connectivity index (χ1v) is 6.67. The Morgan fingerprint density at radius 2 is 1.55 bits per heavy atom. The van der Waals surface area contributed by atoms with E-state index in [2.05, 4.69) is 0 Å². The van der Waals surface area contributed by atoms with Crippen LogP contribution in [0.3, 0.4) is 0 Å². The summed E-state index contributed by atoms with van der Waals surface area (Å²) in [7, 11) is 0. The number of hydrogen-bond acceptors (Lipinski definition) is 3. The fourth-order valence-electron chi connectivity index (χ4n) is 1.97. The van der Waals surface area contributed by atoms with E-state index in [1.165, 1.54) is 0 Å². The summed E-state index contributed by atoms with van der Waals surface area (Å²) in [5.41, 5.74) is 3.51.